The number of benzene rings is 2. The molecule has 114 valence electrons. The van der Waals surface area contributed by atoms with E-state index < -0.39 is 0 Å². The zero-order valence-corrected chi connectivity index (χ0v) is 13.5. The van der Waals surface area contributed by atoms with Gasteiger partial charge in [0.15, 0.2) is 0 Å². The number of hydrogen-bond donors (Lipinski definition) is 2. The number of nitrogens with one attached hydrogen (secondary N) is 2. The number of halogens is 1. The van der Waals surface area contributed by atoms with E-state index in [1.807, 2.05) is 12.1 Å². The van der Waals surface area contributed by atoms with Crippen LogP contribution in [-0.4, -0.2) is 18.9 Å². The van der Waals surface area contributed by atoms with Crippen molar-refractivity contribution in [1.82, 2.24) is 10.9 Å². The molecule has 0 unspecified atom stereocenters. The van der Waals surface area contributed by atoms with E-state index in [4.69, 9.17) is 4.74 Å². The fourth-order valence-corrected chi connectivity index (χ4v) is 2.37. The highest BCUT2D eigenvalue weighted by Gasteiger charge is 2.12. The van der Waals surface area contributed by atoms with Gasteiger partial charge in [0.05, 0.1) is 19.1 Å². The van der Waals surface area contributed by atoms with Gasteiger partial charge < -0.3 is 4.74 Å². The lowest BCUT2D eigenvalue weighted by molar-refractivity contribution is -0.121. The molecule has 2 aromatic rings. The summed E-state index contributed by atoms with van der Waals surface area (Å²) >= 11 is 3.29. The monoisotopic (exact) mass is 362 g/mol. The van der Waals surface area contributed by atoms with Crippen molar-refractivity contribution in [2.75, 3.05) is 7.11 Å². The van der Waals surface area contributed by atoms with Gasteiger partial charge in [-0.25, -0.2) is 0 Å². The molecular formula is C16H15BrN2O3. The molecule has 0 aliphatic rings. The Kier molecular flexibility index (Phi) is 5.55. The van der Waals surface area contributed by atoms with Gasteiger partial charge in [-0.3, -0.25) is 20.4 Å². The summed E-state index contributed by atoms with van der Waals surface area (Å²) in [6, 6.07) is 14.2. The molecule has 0 aromatic heterocycles. The maximum absolute atomic E-state index is 12.0. The largest absolute Gasteiger partial charge is 0.496 e. The molecule has 0 spiro atoms. The molecule has 0 aliphatic heterocycles. The molecular weight excluding hydrogens is 348 g/mol. The predicted molar refractivity (Wildman–Crippen MR) is 86.4 cm³/mol. The summed E-state index contributed by atoms with van der Waals surface area (Å²) in [4.78, 5) is 23.9. The van der Waals surface area contributed by atoms with Crippen molar-refractivity contribution in [3.63, 3.8) is 0 Å². The molecule has 2 amide bonds. The summed E-state index contributed by atoms with van der Waals surface area (Å²) in [5.74, 6) is -0.0828. The highest BCUT2D eigenvalue weighted by atomic mass is 79.9. The van der Waals surface area contributed by atoms with E-state index in [2.05, 4.69) is 26.8 Å². The number of hydrogen-bond acceptors (Lipinski definition) is 3. The number of carbonyl (C=O) groups excluding carboxylic acids is 2. The summed E-state index contributed by atoms with van der Waals surface area (Å²) in [5.41, 5.74) is 5.97. The van der Waals surface area contributed by atoms with E-state index in [0.29, 0.717) is 15.8 Å². The van der Waals surface area contributed by atoms with Crippen LogP contribution in [0.25, 0.3) is 0 Å². The van der Waals surface area contributed by atoms with Crippen molar-refractivity contribution in [3.05, 3.63) is 64.1 Å². The number of ether oxygens (including phenoxy) is 1. The van der Waals surface area contributed by atoms with Gasteiger partial charge in [0.1, 0.15) is 5.75 Å². The SMILES string of the molecule is COc1ccccc1CC(=O)NNC(=O)c1ccccc1Br. The predicted octanol–water partition coefficient (Wildman–Crippen LogP) is 2.46. The van der Waals surface area contributed by atoms with Gasteiger partial charge in [-0.1, -0.05) is 30.3 Å². The van der Waals surface area contributed by atoms with E-state index >= 15 is 0 Å². The zero-order chi connectivity index (χ0) is 15.9. The van der Waals surface area contributed by atoms with Gasteiger partial charge in [-0.15, -0.1) is 0 Å². The summed E-state index contributed by atoms with van der Waals surface area (Å²) in [7, 11) is 1.55. The molecule has 0 heterocycles. The molecule has 6 heteroatoms. The molecule has 2 rings (SSSR count). The van der Waals surface area contributed by atoms with Crippen molar-refractivity contribution in [1.29, 1.82) is 0 Å². The maximum atomic E-state index is 12.0. The average molecular weight is 363 g/mol. The van der Waals surface area contributed by atoms with Crippen LogP contribution in [0.1, 0.15) is 15.9 Å². The minimum atomic E-state index is -0.388. The first-order chi connectivity index (χ1) is 10.6. The van der Waals surface area contributed by atoms with Crippen molar-refractivity contribution in [2.45, 2.75) is 6.42 Å². The molecule has 2 N–H and O–H groups in total. The molecule has 0 aliphatic carbocycles. The van der Waals surface area contributed by atoms with Crippen molar-refractivity contribution < 1.29 is 14.3 Å². The van der Waals surface area contributed by atoms with E-state index in [1.54, 1.807) is 43.5 Å². The molecule has 0 saturated carbocycles. The highest BCUT2D eigenvalue weighted by Crippen LogP contribution is 2.17. The van der Waals surface area contributed by atoms with Crippen LogP contribution < -0.4 is 15.6 Å². The lowest BCUT2D eigenvalue weighted by Crippen LogP contribution is -2.42. The van der Waals surface area contributed by atoms with Gasteiger partial charge in [0.2, 0.25) is 5.91 Å². The Bertz CT molecular complexity index is 689. The zero-order valence-electron chi connectivity index (χ0n) is 11.9. The van der Waals surface area contributed by atoms with E-state index in [-0.39, 0.29) is 18.2 Å². The molecule has 0 saturated heterocycles. The number of amides is 2. The smallest absolute Gasteiger partial charge is 0.270 e. The van der Waals surface area contributed by atoms with Gasteiger partial charge in [0, 0.05) is 10.0 Å². The van der Waals surface area contributed by atoms with Crippen LogP contribution >= 0.6 is 15.9 Å². The number of hydrazine groups is 1. The van der Waals surface area contributed by atoms with Crippen LogP contribution in [0, 0.1) is 0 Å². The van der Waals surface area contributed by atoms with Crippen LogP contribution in [0.5, 0.6) is 5.75 Å². The topological polar surface area (TPSA) is 67.4 Å². The van der Waals surface area contributed by atoms with Gasteiger partial charge >= 0.3 is 0 Å². The molecule has 5 nitrogen and oxygen atoms in total. The highest BCUT2D eigenvalue weighted by molar-refractivity contribution is 9.10. The first-order valence-corrected chi connectivity index (χ1v) is 7.36. The summed E-state index contributed by atoms with van der Waals surface area (Å²) in [6.45, 7) is 0. The third-order valence-corrected chi connectivity index (χ3v) is 3.67. The summed E-state index contributed by atoms with van der Waals surface area (Å²) in [6.07, 6.45) is 0.111. The Morgan fingerprint density at radius 1 is 1.05 bits per heavy atom. The second kappa shape index (κ2) is 7.61. The Balaban J connectivity index is 1.93. The Morgan fingerprint density at radius 2 is 1.73 bits per heavy atom. The summed E-state index contributed by atoms with van der Waals surface area (Å²) < 4.78 is 5.84. The molecule has 0 bridgehead atoms. The number of carbonyl (C=O) groups is 2. The molecule has 22 heavy (non-hydrogen) atoms. The fourth-order valence-electron chi connectivity index (χ4n) is 1.91. The molecule has 0 fully saturated rings. The number of para-hydroxylation sites is 1. The van der Waals surface area contributed by atoms with E-state index in [1.165, 1.54) is 0 Å². The van der Waals surface area contributed by atoms with Crippen LogP contribution in [0.4, 0.5) is 0 Å². The first kappa shape index (κ1) is 16.0. The second-order valence-electron chi connectivity index (χ2n) is 4.47. The molecule has 0 radical (unpaired) electrons. The van der Waals surface area contributed by atoms with Crippen molar-refractivity contribution in [3.8, 4) is 5.75 Å². The van der Waals surface area contributed by atoms with Gasteiger partial charge in [-0.05, 0) is 34.1 Å². The van der Waals surface area contributed by atoms with Crippen molar-refractivity contribution in [2.24, 2.45) is 0 Å². The second-order valence-corrected chi connectivity index (χ2v) is 5.33. The minimum absolute atomic E-state index is 0.111. The third-order valence-electron chi connectivity index (χ3n) is 2.98. The maximum Gasteiger partial charge on any atom is 0.270 e. The standard InChI is InChI=1S/C16H15BrN2O3/c1-22-14-9-5-2-6-11(14)10-15(20)18-19-16(21)12-7-3-4-8-13(12)17/h2-9H,10H2,1H3,(H,18,20)(H,19,21). The third kappa shape index (κ3) is 4.08. The van der Waals surface area contributed by atoms with Gasteiger partial charge in [-0.2, -0.15) is 0 Å². The Labute approximate surface area is 136 Å². The lowest BCUT2D eigenvalue weighted by Gasteiger charge is -2.10. The number of methoxy groups -OCH3 is 1. The van der Waals surface area contributed by atoms with Gasteiger partial charge in [0.25, 0.3) is 5.91 Å². The molecule has 0 atom stereocenters. The minimum Gasteiger partial charge on any atom is -0.496 e. The van der Waals surface area contributed by atoms with E-state index in [9.17, 15) is 9.59 Å². The first-order valence-electron chi connectivity index (χ1n) is 6.57. The van der Waals surface area contributed by atoms with Crippen LogP contribution in [0.2, 0.25) is 0 Å². The summed E-state index contributed by atoms with van der Waals surface area (Å²) in [5, 5.41) is 0. The lowest BCUT2D eigenvalue weighted by atomic mass is 10.1. The quantitative estimate of drug-likeness (QED) is 0.821. The van der Waals surface area contributed by atoms with E-state index in [0.717, 1.165) is 5.56 Å². The molecule has 2 aromatic carbocycles. The van der Waals surface area contributed by atoms with Crippen LogP contribution in [-0.2, 0) is 11.2 Å². The fraction of sp³-hybridized carbons (Fsp3) is 0.125. The normalized spacial score (nSPS) is 9.91. The average Bonchev–Trinajstić information content (AvgIpc) is 2.53. The number of rotatable bonds is 4. The Hall–Kier alpha value is -2.34. The van der Waals surface area contributed by atoms with Crippen LogP contribution in [0.3, 0.4) is 0 Å². The van der Waals surface area contributed by atoms with Crippen molar-refractivity contribution >= 4 is 27.7 Å². The Morgan fingerprint density at radius 3 is 2.45 bits per heavy atom. The van der Waals surface area contributed by atoms with Crippen LogP contribution in [0.15, 0.2) is 53.0 Å².